The second-order valence-electron chi connectivity index (χ2n) is 4.04. The molecule has 0 aliphatic carbocycles. The Bertz CT molecular complexity index is 523. The number of hydrogen-bond acceptors (Lipinski definition) is 2. The molecule has 0 saturated carbocycles. The quantitative estimate of drug-likeness (QED) is 0.828. The van der Waals surface area contributed by atoms with Gasteiger partial charge in [0.25, 0.3) is 0 Å². The molecule has 3 nitrogen and oxygen atoms in total. The lowest BCUT2D eigenvalue weighted by atomic mass is 10.3. The summed E-state index contributed by atoms with van der Waals surface area (Å²) >= 11 is 0. The highest BCUT2D eigenvalue weighted by Gasteiger charge is 2.07. The molecule has 0 amide bonds. The summed E-state index contributed by atoms with van der Waals surface area (Å²) in [6.07, 6.45) is 4.31. The van der Waals surface area contributed by atoms with Gasteiger partial charge in [-0.15, -0.1) is 0 Å². The van der Waals surface area contributed by atoms with Crippen LogP contribution in [0.2, 0.25) is 0 Å². The fourth-order valence-electron chi connectivity index (χ4n) is 1.67. The van der Waals surface area contributed by atoms with Gasteiger partial charge in [-0.3, -0.25) is 0 Å². The zero-order chi connectivity index (χ0) is 13.0. The van der Waals surface area contributed by atoms with Gasteiger partial charge in [0.05, 0.1) is 17.7 Å². The SMILES string of the molecule is CCCNCc1cn(-c2ccc(F)cc2F)cn1. The number of hydrogen-bond donors (Lipinski definition) is 1. The van der Waals surface area contributed by atoms with E-state index in [4.69, 9.17) is 0 Å². The highest BCUT2D eigenvalue weighted by Crippen LogP contribution is 2.14. The Hall–Kier alpha value is -1.75. The summed E-state index contributed by atoms with van der Waals surface area (Å²) in [7, 11) is 0. The van der Waals surface area contributed by atoms with E-state index in [1.807, 2.05) is 0 Å². The molecule has 1 aromatic carbocycles. The standard InChI is InChI=1S/C13H15F2N3/c1-2-5-16-7-11-8-18(9-17-11)13-4-3-10(14)6-12(13)15/h3-4,6,8-9,16H,2,5,7H2,1H3. The summed E-state index contributed by atoms with van der Waals surface area (Å²) in [4.78, 5) is 4.17. The van der Waals surface area contributed by atoms with E-state index in [9.17, 15) is 8.78 Å². The number of halogens is 2. The molecule has 0 bridgehead atoms. The summed E-state index contributed by atoms with van der Waals surface area (Å²) in [6.45, 7) is 3.64. The average Bonchev–Trinajstić information content (AvgIpc) is 2.78. The summed E-state index contributed by atoms with van der Waals surface area (Å²) in [5.74, 6) is -1.18. The Balaban J connectivity index is 2.13. The number of imidazole rings is 1. The summed E-state index contributed by atoms with van der Waals surface area (Å²) in [6, 6.07) is 3.49. The molecule has 0 aliphatic rings. The van der Waals surface area contributed by atoms with Crippen molar-refractivity contribution < 1.29 is 8.78 Å². The van der Waals surface area contributed by atoms with Crippen LogP contribution in [0.15, 0.2) is 30.7 Å². The number of aromatic nitrogens is 2. The summed E-state index contributed by atoms with van der Waals surface area (Å²) in [5, 5.41) is 3.21. The molecular formula is C13H15F2N3. The first-order valence-corrected chi connectivity index (χ1v) is 5.89. The smallest absolute Gasteiger partial charge is 0.150 e. The average molecular weight is 251 g/mol. The van der Waals surface area contributed by atoms with Crippen LogP contribution in [0.1, 0.15) is 19.0 Å². The molecule has 0 aliphatic heterocycles. The Morgan fingerprint density at radius 2 is 2.17 bits per heavy atom. The summed E-state index contributed by atoms with van der Waals surface area (Å²) < 4.78 is 27.9. The van der Waals surface area contributed by atoms with Crippen LogP contribution in [0.25, 0.3) is 5.69 Å². The van der Waals surface area contributed by atoms with Gasteiger partial charge in [0, 0.05) is 18.8 Å². The molecule has 0 spiro atoms. The van der Waals surface area contributed by atoms with E-state index < -0.39 is 11.6 Å². The molecule has 0 radical (unpaired) electrons. The molecular weight excluding hydrogens is 236 g/mol. The van der Waals surface area contributed by atoms with Crippen LogP contribution in [0.4, 0.5) is 8.78 Å². The third-order valence-corrected chi connectivity index (χ3v) is 2.56. The minimum absolute atomic E-state index is 0.297. The topological polar surface area (TPSA) is 29.9 Å². The Morgan fingerprint density at radius 3 is 2.89 bits per heavy atom. The van der Waals surface area contributed by atoms with E-state index in [2.05, 4.69) is 17.2 Å². The highest BCUT2D eigenvalue weighted by molar-refractivity contribution is 5.34. The van der Waals surface area contributed by atoms with Crippen LogP contribution in [-0.4, -0.2) is 16.1 Å². The van der Waals surface area contributed by atoms with Gasteiger partial charge in [0.15, 0.2) is 0 Å². The van der Waals surface area contributed by atoms with Gasteiger partial charge < -0.3 is 9.88 Å². The van der Waals surface area contributed by atoms with Crippen molar-refractivity contribution in [3.8, 4) is 5.69 Å². The lowest BCUT2D eigenvalue weighted by Gasteiger charge is -2.03. The normalized spacial score (nSPS) is 10.8. The first-order valence-electron chi connectivity index (χ1n) is 5.89. The fourth-order valence-corrected chi connectivity index (χ4v) is 1.67. The van der Waals surface area contributed by atoms with Crippen LogP contribution >= 0.6 is 0 Å². The van der Waals surface area contributed by atoms with Gasteiger partial charge in [-0.1, -0.05) is 6.92 Å². The number of nitrogens with zero attached hydrogens (tertiary/aromatic N) is 2. The zero-order valence-electron chi connectivity index (χ0n) is 10.2. The van der Waals surface area contributed by atoms with Gasteiger partial charge in [-0.25, -0.2) is 13.8 Å². The van der Waals surface area contributed by atoms with E-state index in [1.54, 1.807) is 10.8 Å². The number of nitrogens with one attached hydrogen (secondary N) is 1. The second kappa shape index (κ2) is 5.73. The van der Waals surface area contributed by atoms with Crippen LogP contribution in [0.5, 0.6) is 0 Å². The van der Waals surface area contributed by atoms with E-state index in [-0.39, 0.29) is 0 Å². The Kier molecular flexibility index (Phi) is 4.04. The van der Waals surface area contributed by atoms with Crippen LogP contribution in [-0.2, 0) is 6.54 Å². The van der Waals surface area contributed by atoms with Crippen LogP contribution in [0.3, 0.4) is 0 Å². The van der Waals surface area contributed by atoms with Crippen molar-refractivity contribution in [2.24, 2.45) is 0 Å². The number of rotatable bonds is 5. The predicted octanol–water partition coefficient (Wildman–Crippen LogP) is 2.65. The first kappa shape index (κ1) is 12.7. The maximum Gasteiger partial charge on any atom is 0.150 e. The molecule has 0 saturated heterocycles. The van der Waals surface area contributed by atoms with Gasteiger partial charge in [0.1, 0.15) is 11.6 Å². The molecule has 0 unspecified atom stereocenters. The van der Waals surface area contributed by atoms with E-state index in [1.165, 1.54) is 18.5 Å². The van der Waals surface area contributed by atoms with Crippen molar-refractivity contribution in [3.05, 3.63) is 48.1 Å². The van der Waals surface area contributed by atoms with Gasteiger partial charge in [0.2, 0.25) is 0 Å². The van der Waals surface area contributed by atoms with Crippen LogP contribution in [0, 0.1) is 11.6 Å². The maximum absolute atomic E-state index is 13.5. The molecule has 5 heteroatoms. The van der Waals surface area contributed by atoms with E-state index in [0.717, 1.165) is 24.7 Å². The number of benzene rings is 1. The molecule has 2 rings (SSSR count). The molecule has 96 valence electrons. The first-order chi connectivity index (χ1) is 8.70. The molecule has 1 aromatic heterocycles. The van der Waals surface area contributed by atoms with Gasteiger partial charge in [-0.05, 0) is 25.1 Å². The highest BCUT2D eigenvalue weighted by atomic mass is 19.1. The Morgan fingerprint density at radius 1 is 1.33 bits per heavy atom. The van der Waals surface area contributed by atoms with E-state index >= 15 is 0 Å². The van der Waals surface area contributed by atoms with Gasteiger partial charge in [-0.2, -0.15) is 0 Å². The van der Waals surface area contributed by atoms with Crippen molar-refractivity contribution in [1.82, 2.24) is 14.9 Å². The van der Waals surface area contributed by atoms with Crippen molar-refractivity contribution in [2.45, 2.75) is 19.9 Å². The molecule has 18 heavy (non-hydrogen) atoms. The molecule has 1 N–H and O–H groups in total. The summed E-state index contributed by atoms with van der Waals surface area (Å²) in [5.41, 5.74) is 1.12. The largest absolute Gasteiger partial charge is 0.311 e. The Labute approximate surface area is 104 Å². The van der Waals surface area contributed by atoms with Crippen molar-refractivity contribution in [3.63, 3.8) is 0 Å². The van der Waals surface area contributed by atoms with Crippen molar-refractivity contribution >= 4 is 0 Å². The van der Waals surface area contributed by atoms with Crippen molar-refractivity contribution in [1.29, 1.82) is 0 Å². The van der Waals surface area contributed by atoms with Gasteiger partial charge >= 0.3 is 0 Å². The lowest BCUT2D eigenvalue weighted by molar-refractivity contribution is 0.577. The molecule has 0 atom stereocenters. The van der Waals surface area contributed by atoms with Crippen molar-refractivity contribution in [2.75, 3.05) is 6.54 Å². The third kappa shape index (κ3) is 2.92. The van der Waals surface area contributed by atoms with Crippen LogP contribution < -0.4 is 5.32 Å². The maximum atomic E-state index is 13.5. The second-order valence-corrected chi connectivity index (χ2v) is 4.04. The molecule has 1 heterocycles. The predicted molar refractivity (Wildman–Crippen MR) is 65.5 cm³/mol. The minimum atomic E-state index is -0.597. The molecule has 2 aromatic rings. The minimum Gasteiger partial charge on any atom is -0.311 e. The molecule has 0 fully saturated rings. The monoisotopic (exact) mass is 251 g/mol. The third-order valence-electron chi connectivity index (χ3n) is 2.56. The lowest BCUT2D eigenvalue weighted by Crippen LogP contribution is -2.13. The van der Waals surface area contributed by atoms with E-state index in [0.29, 0.717) is 12.2 Å². The zero-order valence-corrected chi connectivity index (χ0v) is 10.2. The fraction of sp³-hybridized carbons (Fsp3) is 0.308.